The number of hydrogen-bond donors (Lipinski definition) is 3. The minimum atomic E-state index is -0.607. The SMILES string of the molecule is CCOCCN(C)c1nc(-c2ccnc(N)n2)c(-c2cccc(NC(=O)Nc3ccc(Cl)cc3)c2F)s1. The number of anilines is 4. The van der Waals surface area contributed by atoms with E-state index in [1.807, 2.05) is 18.9 Å². The van der Waals surface area contributed by atoms with Crippen LogP contribution in [0.4, 0.5) is 31.6 Å². The molecule has 9 nitrogen and oxygen atoms in total. The van der Waals surface area contributed by atoms with Crippen molar-refractivity contribution in [1.29, 1.82) is 0 Å². The molecule has 2 amide bonds. The van der Waals surface area contributed by atoms with Crippen molar-refractivity contribution in [3.63, 3.8) is 0 Å². The highest BCUT2D eigenvalue weighted by atomic mass is 35.5. The summed E-state index contributed by atoms with van der Waals surface area (Å²) in [4.78, 5) is 28.0. The fraction of sp³-hybridized carbons (Fsp3) is 0.200. The topological polar surface area (TPSA) is 118 Å². The Bertz CT molecular complexity index is 1380. The normalized spacial score (nSPS) is 10.8. The van der Waals surface area contributed by atoms with Crippen molar-refractivity contribution in [3.05, 3.63) is 65.6 Å². The zero-order valence-electron chi connectivity index (χ0n) is 20.2. The lowest BCUT2D eigenvalue weighted by atomic mass is 10.1. The maximum absolute atomic E-state index is 15.8. The Kier molecular flexibility index (Phi) is 8.49. The van der Waals surface area contributed by atoms with Gasteiger partial charge in [-0.15, -0.1) is 0 Å². The first-order chi connectivity index (χ1) is 17.9. The molecule has 0 bridgehead atoms. The predicted octanol–water partition coefficient (Wildman–Crippen LogP) is 5.76. The van der Waals surface area contributed by atoms with Crippen molar-refractivity contribution in [2.75, 3.05) is 48.1 Å². The van der Waals surface area contributed by atoms with Gasteiger partial charge in [0.25, 0.3) is 0 Å². The van der Waals surface area contributed by atoms with E-state index in [1.54, 1.807) is 42.5 Å². The Hall–Kier alpha value is -3.80. The second-order valence-electron chi connectivity index (χ2n) is 7.85. The number of thiazole rings is 1. The summed E-state index contributed by atoms with van der Waals surface area (Å²) in [5, 5.41) is 6.42. The summed E-state index contributed by atoms with van der Waals surface area (Å²) in [6.07, 6.45) is 1.52. The first kappa shape index (κ1) is 26.3. The number of hydrogen-bond acceptors (Lipinski definition) is 8. The highest BCUT2D eigenvalue weighted by Crippen LogP contribution is 2.41. The van der Waals surface area contributed by atoms with Crippen LogP contribution in [0.25, 0.3) is 21.8 Å². The van der Waals surface area contributed by atoms with E-state index < -0.39 is 11.8 Å². The molecule has 2 heterocycles. The van der Waals surface area contributed by atoms with E-state index in [9.17, 15) is 4.79 Å². The van der Waals surface area contributed by atoms with E-state index in [2.05, 4.69) is 20.6 Å². The minimum Gasteiger partial charge on any atom is -0.380 e. The lowest BCUT2D eigenvalue weighted by Crippen LogP contribution is -2.22. The van der Waals surface area contributed by atoms with Gasteiger partial charge in [-0.25, -0.2) is 24.1 Å². The zero-order valence-corrected chi connectivity index (χ0v) is 21.7. The summed E-state index contributed by atoms with van der Waals surface area (Å²) in [6.45, 7) is 3.66. The molecule has 0 saturated carbocycles. The highest BCUT2D eigenvalue weighted by Gasteiger charge is 2.22. The third kappa shape index (κ3) is 6.50. The molecule has 0 aliphatic heterocycles. The molecular formula is C25H25ClFN7O2S. The number of nitrogens with one attached hydrogen (secondary N) is 2. The minimum absolute atomic E-state index is 0.0109. The molecular weight excluding hydrogens is 517 g/mol. The number of nitrogens with two attached hydrogens (primary N) is 1. The lowest BCUT2D eigenvalue weighted by Gasteiger charge is -2.15. The quantitative estimate of drug-likeness (QED) is 0.230. The van der Waals surface area contributed by atoms with E-state index in [0.717, 1.165) is 0 Å². The smallest absolute Gasteiger partial charge is 0.323 e. The molecule has 2 aromatic heterocycles. The van der Waals surface area contributed by atoms with Gasteiger partial charge >= 0.3 is 6.03 Å². The van der Waals surface area contributed by atoms with Gasteiger partial charge in [-0.3, -0.25) is 0 Å². The van der Waals surface area contributed by atoms with Gasteiger partial charge in [0.1, 0.15) is 5.69 Å². The first-order valence-corrected chi connectivity index (χ1v) is 12.6. The van der Waals surface area contributed by atoms with Crippen LogP contribution < -0.4 is 21.3 Å². The number of benzene rings is 2. The van der Waals surface area contributed by atoms with Gasteiger partial charge in [-0.1, -0.05) is 35.1 Å². The molecule has 37 heavy (non-hydrogen) atoms. The Labute approximate surface area is 222 Å². The van der Waals surface area contributed by atoms with Gasteiger partial charge in [0, 0.05) is 42.7 Å². The van der Waals surface area contributed by atoms with E-state index in [4.69, 9.17) is 27.1 Å². The van der Waals surface area contributed by atoms with Crippen molar-refractivity contribution in [3.8, 4) is 21.8 Å². The molecule has 0 saturated heterocycles. The summed E-state index contributed by atoms with van der Waals surface area (Å²) in [5.74, 6) is -0.526. The average Bonchev–Trinajstić information content (AvgIpc) is 3.32. The summed E-state index contributed by atoms with van der Waals surface area (Å²) < 4.78 is 21.2. The maximum Gasteiger partial charge on any atom is 0.323 e. The zero-order chi connectivity index (χ0) is 26.4. The van der Waals surface area contributed by atoms with Crippen LogP contribution in [0.2, 0.25) is 5.02 Å². The van der Waals surface area contributed by atoms with Gasteiger partial charge < -0.3 is 26.0 Å². The number of ether oxygens (including phenoxy) is 1. The number of carbonyl (C=O) groups excluding carboxylic acids is 1. The molecule has 4 aromatic rings. The van der Waals surface area contributed by atoms with Crippen molar-refractivity contribution in [2.24, 2.45) is 0 Å². The number of halogens is 2. The fourth-order valence-electron chi connectivity index (χ4n) is 3.40. The van der Waals surface area contributed by atoms with Crippen LogP contribution in [0, 0.1) is 5.82 Å². The van der Waals surface area contributed by atoms with Crippen LogP contribution in [0.15, 0.2) is 54.7 Å². The summed E-state index contributed by atoms with van der Waals surface area (Å²) in [6, 6.07) is 12.4. The molecule has 0 unspecified atom stereocenters. The largest absolute Gasteiger partial charge is 0.380 e. The number of likely N-dealkylation sites (N-methyl/N-ethyl adjacent to an activating group) is 1. The van der Waals surface area contributed by atoms with Gasteiger partial charge in [-0.05, 0) is 43.3 Å². The Balaban J connectivity index is 1.67. The van der Waals surface area contributed by atoms with Crippen molar-refractivity contribution < 1.29 is 13.9 Å². The number of amides is 2. The van der Waals surface area contributed by atoms with Gasteiger partial charge in [0.15, 0.2) is 10.9 Å². The Morgan fingerprint density at radius 1 is 1.16 bits per heavy atom. The number of nitrogens with zero attached hydrogens (tertiary/aromatic N) is 4. The molecule has 4 rings (SSSR count). The summed E-state index contributed by atoms with van der Waals surface area (Å²) >= 11 is 7.19. The van der Waals surface area contributed by atoms with E-state index in [0.29, 0.717) is 51.9 Å². The van der Waals surface area contributed by atoms with Crippen LogP contribution in [-0.2, 0) is 4.74 Å². The third-order valence-corrected chi connectivity index (χ3v) is 6.68. The predicted molar refractivity (Wildman–Crippen MR) is 147 cm³/mol. The molecule has 12 heteroatoms. The molecule has 2 aromatic carbocycles. The van der Waals surface area contributed by atoms with Gasteiger partial charge in [0.2, 0.25) is 5.95 Å². The molecule has 0 fully saturated rings. The van der Waals surface area contributed by atoms with E-state index >= 15 is 4.39 Å². The second-order valence-corrected chi connectivity index (χ2v) is 9.26. The van der Waals surface area contributed by atoms with Crippen LogP contribution >= 0.6 is 22.9 Å². The lowest BCUT2D eigenvalue weighted by molar-refractivity contribution is 0.154. The molecule has 0 aliphatic carbocycles. The number of nitrogen functional groups attached to an aromatic ring is 1. The van der Waals surface area contributed by atoms with E-state index in [1.165, 1.54) is 23.6 Å². The fourth-order valence-corrected chi connectivity index (χ4v) is 4.60. The molecule has 192 valence electrons. The highest BCUT2D eigenvalue weighted by molar-refractivity contribution is 7.19. The number of aromatic nitrogens is 3. The van der Waals surface area contributed by atoms with Crippen LogP contribution in [0.5, 0.6) is 0 Å². The second kappa shape index (κ2) is 12.0. The average molecular weight is 542 g/mol. The Morgan fingerprint density at radius 3 is 2.68 bits per heavy atom. The standard InChI is InChI=1S/C25H25ClFN7O2S/c1-3-36-14-13-34(2)25-33-21(19-11-12-29-23(28)31-19)22(37-25)17-5-4-6-18(20(17)27)32-24(35)30-16-9-7-15(26)8-10-16/h4-12H,3,13-14H2,1-2H3,(H2,28,29,31)(H2,30,32,35). The molecule has 4 N–H and O–H groups in total. The van der Waals surface area contributed by atoms with Crippen LogP contribution in [0.1, 0.15) is 6.92 Å². The number of carbonyl (C=O) groups is 1. The van der Waals surface area contributed by atoms with Crippen molar-refractivity contribution >= 4 is 51.4 Å². The molecule has 0 radical (unpaired) electrons. The van der Waals surface area contributed by atoms with Crippen molar-refractivity contribution in [1.82, 2.24) is 15.0 Å². The molecule has 0 spiro atoms. The van der Waals surface area contributed by atoms with Crippen molar-refractivity contribution in [2.45, 2.75) is 6.92 Å². The first-order valence-electron chi connectivity index (χ1n) is 11.4. The monoisotopic (exact) mass is 541 g/mol. The van der Waals surface area contributed by atoms with Gasteiger partial charge in [-0.2, -0.15) is 0 Å². The van der Waals surface area contributed by atoms with Gasteiger partial charge in [0.05, 0.1) is 22.9 Å². The summed E-state index contributed by atoms with van der Waals surface area (Å²) in [5.41, 5.74) is 7.51. The third-order valence-electron chi connectivity index (χ3n) is 5.23. The van der Waals surface area contributed by atoms with E-state index in [-0.39, 0.29) is 17.2 Å². The maximum atomic E-state index is 15.8. The molecule has 0 atom stereocenters. The molecule has 0 aliphatic rings. The summed E-state index contributed by atoms with van der Waals surface area (Å²) in [7, 11) is 1.88. The Morgan fingerprint density at radius 2 is 1.95 bits per heavy atom. The van der Waals surface area contributed by atoms with Crippen LogP contribution in [-0.4, -0.2) is 47.8 Å². The number of rotatable bonds is 9. The van der Waals surface area contributed by atoms with Crippen LogP contribution in [0.3, 0.4) is 0 Å². The number of urea groups is 1.